The lowest BCUT2D eigenvalue weighted by atomic mass is 9.85. The van der Waals surface area contributed by atoms with Gasteiger partial charge in [0.1, 0.15) is 11.9 Å². The average molecular weight is 398 g/mol. The van der Waals surface area contributed by atoms with E-state index in [1.807, 2.05) is 29.2 Å². The zero-order valence-electron chi connectivity index (χ0n) is 17.6. The molecule has 0 spiro atoms. The molecule has 29 heavy (non-hydrogen) atoms. The summed E-state index contributed by atoms with van der Waals surface area (Å²) in [6.45, 7) is 1.58. The Labute approximate surface area is 175 Å². The number of hydrogen-bond acceptors (Lipinski definition) is 3. The van der Waals surface area contributed by atoms with Gasteiger partial charge in [0.05, 0.1) is 0 Å². The Morgan fingerprint density at radius 2 is 1.72 bits per heavy atom. The molecular formula is C25H35NO3. The van der Waals surface area contributed by atoms with Crippen molar-refractivity contribution in [2.24, 2.45) is 11.8 Å². The third kappa shape index (κ3) is 5.83. The predicted octanol–water partition coefficient (Wildman–Crippen LogP) is 5.40. The number of carbonyl (C=O) groups excluding carboxylic acids is 2. The van der Waals surface area contributed by atoms with Crippen LogP contribution in [0.5, 0.6) is 5.75 Å². The summed E-state index contributed by atoms with van der Waals surface area (Å²) in [6.07, 6.45) is 13.7. The number of ketones is 1. The number of amides is 1. The molecule has 4 heteroatoms. The molecule has 0 bridgehead atoms. The first kappa shape index (κ1) is 20.4. The number of Topliss-reactive ketones (excluding diaryl/α,β-unsaturated/α-hetero) is 1. The van der Waals surface area contributed by atoms with E-state index < -0.39 is 0 Å². The molecule has 0 atom stereocenters. The predicted molar refractivity (Wildman–Crippen MR) is 114 cm³/mol. The molecule has 0 N–H and O–H groups in total. The van der Waals surface area contributed by atoms with Crippen molar-refractivity contribution in [1.82, 2.24) is 4.90 Å². The lowest BCUT2D eigenvalue weighted by Gasteiger charge is -2.32. The van der Waals surface area contributed by atoms with Crippen molar-refractivity contribution in [2.75, 3.05) is 13.1 Å². The third-order valence-electron chi connectivity index (χ3n) is 6.88. The van der Waals surface area contributed by atoms with Gasteiger partial charge in [-0.2, -0.15) is 0 Å². The highest BCUT2D eigenvalue weighted by Gasteiger charge is 2.35. The summed E-state index contributed by atoms with van der Waals surface area (Å²) in [5.74, 6) is 2.49. The highest BCUT2D eigenvalue weighted by molar-refractivity contribution is 5.96. The van der Waals surface area contributed by atoms with Crippen molar-refractivity contribution in [3.05, 3.63) is 29.8 Å². The molecule has 1 aromatic carbocycles. The van der Waals surface area contributed by atoms with E-state index >= 15 is 0 Å². The minimum Gasteiger partial charge on any atom is -0.490 e. The normalized spacial score (nSPS) is 21.2. The number of ether oxygens (including phenoxy) is 1. The van der Waals surface area contributed by atoms with Gasteiger partial charge < -0.3 is 9.64 Å². The summed E-state index contributed by atoms with van der Waals surface area (Å²) in [4.78, 5) is 26.8. The van der Waals surface area contributed by atoms with Crippen LogP contribution >= 0.6 is 0 Å². The van der Waals surface area contributed by atoms with E-state index in [-0.39, 0.29) is 11.9 Å². The van der Waals surface area contributed by atoms with Gasteiger partial charge in [-0.25, -0.2) is 0 Å². The fourth-order valence-corrected chi connectivity index (χ4v) is 4.89. The molecule has 1 aromatic rings. The second-order valence-corrected chi connectivity index (χ2v) is 9.26. The van der Waals surface area contributed by atoms with Crippen LogP contribution in [0.1, 0.15) is 87.4 Å². The fourth-order valence-electron chi connectivity index (χ4n) is 4.89. The second-order valence-electron chi connectivity index (χ2n) is 9.26. The van der Waals surface area contributed by atoms with Gasteiger partial charge in [0, 0.05) is 43.8 Å². The first-order chi connectivity index (χ1) is 14.2. The molecule has 0 aromatic heterocycles. The first-order valence-corrected chi connectivity index (χ1v) is 11.8. The van der Waals surface area contributed by atoms with Crippen molar-refractivity contribution < 1.29 is 14.3 Å². The summed E-state index contributed by atoms with van der Waals surface area (Å²) in [5, 5.41) is 0. The van der Waals surface area contributed by atoms with Gasteiger partial charge in [-0.05, 0) is 37.3 Å². The summed E-state index contributed by atoms with van der Waals surface area (Å²) in [5.41, 5.74) is 0.771. The Balaban J connectivity index is 1.22. The van der Waals surface area contributed by atoms with Crippen molar-refractivity contribution in [1.29, 1.82) is 0 Å². The van der Waals surface area contributed by atoms with E-state index in [9.17, 15) is 9.59 Å². The monoisotopic (exact) mass is 397 g/mol. The Bertz CT molecular complexity index is 698. The van der Waals surface area contributed by atoms with Crippen LogP contribution in [0.3, 0.4) is 0 Å². The highest BCUT2D eigenvalue weighted by atomic mass is 16.5. The quantitative estimate of drug-likeness (QED) is 0.552. The maximum atomic E-state index is 12.6. The van der Waals surface area contributed by atoms with Crippen LogP contribution in [-0.4, -0.2) is 35.8 Å². The largest absolute Gasteiger partial charge is 0.490 e. The molecule has 4 nitrogen and oxygen atoms in total. The van der Waals surface area contributed by atoms with Gasteiger partial charge in [0.25, 0.3) is 0 Å². The molecule has 158 valence electrons. The van der Waals surface area contributed by atoms with Gasteiger partial charge >= 0.3 is 0 Å². The van der Waals surface area contributed by atoms with Gasteiger partial charge in [0.2, 0.25) is 5.91 Å². The van der Waals surface area contributed by atoms with Gasteiger partial charge in [-0.15, -0.1) is 0 Å². The first-order valence-electron chi connectivity index (χ1n) is 11.8. The molecule has 1 amide bonds. The van der Waals surface area contributed by atoms with Crippen LogP contribution in [0.2, 0.25) is 0 Å². The number of hydrogen-bond donors (Lipinski definition) is 0. The molecule has 1 aliphatic heterocycles. The number of piperidine rings is 1. The summed E-state index contributed by atoms with van der Waals surface area (Å²) in [7, 11) is 0. The summed E-state index contributed by atoms with van der Waals surface area (Å²) >= 11 is 0. The Morgan fingerprint density at radius 3 is 2.45 bits per heavy atom. The summed E-state index contributed by atoms with van der Waals surface area (Å²) < 4.78 is 6.16. The van der Waals surface area contributed by atoms with Gasteiger partial charge in [0.15, 0.2) is 5.78 Å². The number of carbonyl (C=O) groups is 2. The van der Waals surface area contributed by atoms with E-state index in [4.69, 9.17) is 4.74 Å². The molecule has 2 aliphatic carbocycles. The molecule has 4 rings (SSSR count). The van der Waals surface area contributed by atoms with Crippen molar-refractivity contribution >= 4 is 11.7 Å². The smallest absolute Gasteiger partial charge is 0.225 e. The van der Waals surface area contributed by atoms with Crippen LogP contribution in [0, 0.1) is 11.8 Å². The Morgan fingerprint density at radius 1 is 0.966 bits per heavy atom. The van der Waals surface area contributed by atoms with Gasteiger partial charge in [-0.3, -0.25) is 9.59 Å². The standard InChI is InChI=1S/C25H35NO3/c27-24(11-4-8-19-6-2-1-3-7-19)21-9-5-10-23(18-21)29-22-14-16-26(17-15-22)25(28)20-12-13-20/h5,9-10,18-20,22H,1-4,6-8,11-17H2. The minimum atomic E-state index is 0.134. The van der Waals surface area contributed by atoms with E-state index in [1.54, 1.807) is 0 Å². The van der Waals surface area contributed by atoms with E-state index in [2.05, 4.69) is 0 Å². The maximum absolute atomic E-state index is 12.6. The van der Waals surface area contributed by atoms with E-state index in [0.717, 1.165) is 62.4 Å². The molecule has 1 saturated heterocycles. The van der Waals surface area contributed by atoms with Crippen LogP contribution in [0.4, 0.5) is 0 Å². The average Bonchev–Trinajstić information content (AvgIpc) is 3.60. The van der Waals surface area contributed by atoms with Crippen LogP contribution < -0.4 is 4.74 Å². The van der Waals surface area contributed by atoms with Crippen LogP contribution in [0.25, 0.3) is 0 Å². The molecule has 2 saturated carbocycles. The van der Waals surface area contributed by atoms with Crippen molar-refractivity contribution in [3.63, 3.8) is 0 Å². The SMILES string of the molecule is O=C(CCCC1CCCCC1)c1cccc(OC2CCN(C(=O)C3CC3)CC2)c1. The molecule has 0 radical (unpaired) electrons. The summed E-state index contributed by atoms with van der Waals surface area (Å²) in [6, 6.07) is 7.69. The fraction of sp³-hybridized carbons (Fsp3) is 0.680. The topological polar surface area (TPSA) is 46.6 Å². The third-order valence-corrected chi connectivity index (χ3v) is 6.88. The lowest BCUT2D eigenvalue weighted by molar-refractivity contribution is -0.134. The van der Waals surface area contributed by atoms with Crippen LogP contribution in [0.15, 0.2) is 24.3 Å². The maximum Gasteiger partial charge on any atom is 0.225 e. The minimum absolute atomic E-state index is 0.134. The molecule has 3 aliphatic rings. The van der Waals surface area contributed by atoms with E-state index in [1.165, 1.54) is 38.5 Å². The number of nitrogens with zero attached hydrogens (tertiary/aromatic N) is 1. The van der Waals surface area contributed by atoms with Crippen molar-refractivity contribution in [3.8, 4) is 5.75 Å². The van der Waals surface area contributed by atoms with E-state index in [0.29, 0.717) is 18.2 Å². The van der Waals surface area contributed by atoms with Crippen molar-refractivity contribution in [2.45, 2.75) is 83.2 Å². The molecule has 1 heterocycles. The molecule has 0 unspecified atom stereocenters. The number of benzene rings is 1. The zero-order valence-corrected chi connectivity index (χ0v) is 17.6. The Kier molecular flexibility index (Phi) is 6.89. The number of likely N-dealkylation sites (tertiary alicyclic amines) is 1. The van der Waals surface area contributed by atoms with Gasteiger partial charge in [-0.1, -0.05) is 50.7 Å². The molecular weight excluding hydrogens is 362 g/mol. The highest BCUT2D eigenvalue weighted by Crippen LogP contribution is 2.32. The van der Waals surface area contributed by atoms with Crippen LogP contribution in [-0.2, 0) is 4.79 Å². The number of rotatable bonds is 8. The second kappa shape index (κ2) is 9.77. The Hall–Kier alpha value is -1.84. The zero-order chi connectivity index (χ0) is 20.1. The molecule has 3 fully saturated rings. The lowest BCUT2D eigenvalue weighted by Crippen LogP contribution is -2.42.